The van der Waals surface area contributed by atoms with Crippen LogP contribution < -0.4 is 5.32 Å². The standard InChI is InChI=1S/C21H22ClNO3/c22-18-10-8-16(9-11-18)14-23-19(24)15-26-20(25)21(12-4-5-13-21)17-6-2-1-3-7-17/h1-3,6-11H,4-5,12-15H2,(H,23,24). The number of hydrogen-bond donors (Lipinski definition) is 1. The fourth-order valence-corrected chi connectivity index (χ4v) is 3.60. The summed E-state index contributed by atoms with van der Waals surface area (Å²) in [4.78, 5) is 24.8. The van der Waals surface area contributed by atoms with Gasteiger partial charge in [-0.3, -0.25) is 9.59 Å². The Morgan fingerprint density at radius 3 is 2.31 bits per heavy atom. The Morgan fingerprint density at radius 2 is 1.65 bits per heavy atom. The fraction of sp³-hybridized carbons (Fsp3) is 0.333. The summed E-state index contributed by atoms with van der Waals surface area (Å²) in [5.41, 5.74) is 1.30. The number of carbonyl (C=O) groups is 2. The second-order valence-electron chi connectivity index (χ2n) is 6.63. The Hall–Kier alpha value is -2.33. The second-order valence-corrected chi connectivity index (χ2v) is 7.07. The van der Waals surface area contributed by atoms with Crippen LogP contribution in [-0.2, 0) is 26.3 Å². The second kappa shape index (κ2) is 8.37. The van der Waals surface area contributed by atoms with E-state index in [4.69, 9.17) is 16.3 Å². The first-order valence-electron chi connectivity index (χ1n) is 8.84. The zero-order chi connectivity index (χ0) is 18.4. The van der Waals surface area contributed by atoms with Gasteiger partial charge in [-0.25, -0.2) is 0 Å². The molecule has 1 N–H and O–H groups in total. The maximum Gasteiger partial charge on any atom is 0.317 e. The van der Waals surface area contributed by atoms with E-state index in [0.29, 0.717) is 11.6 Å². The van der Waals surface area contributed by atoms with Gasteiger partial charge in [0.1, 0.15) is 0 Å². The van der Waals surface area contributed by atoms with E-state index in [1.165, 1.54) is 0 Å². The smallest absolute Gasteiger partial charge is 0.317 e. The fourth-order valence-electron chi connectivity index (χ4n) is 3.47. The monoisotopic (exact) mass is 371 g/mol. The van der Waals surface area contributed by atoms with E-state index >= 15 is 0 Å². The van der Waals surface area contributed by atoms with Crippen molar-refractivity contribution < 1.29 is 14.3 Å². The molecule has 0 aliphatic heterocycles. The molecule has 4 nitrogen and oxygen atoms in total. The quantitative estimate of drug-likeness (QED) is 0.780. The van der Waals surface area contributed by atoms with Gasteiger partial charge in [-0.15, -0.1) is 0 Å². The van der Waals surface area contributed by atoms with Crippen LogP contribution in [0.25, 0.3) is 0 Å². The molecule has 1 saturated carbocycles. The summed E-state index contributed by atoms with van der Waals surface area (Å²) >= 11 is 5.84. The Balaban J connectivity index is 1.55. The van der Waals surface area contributed by atoms with Crippen molar-refractivity contribution in [2.24, 2.45) is 0 Å². The molecule has 1 fully saturated rings. The van der Waals surface area contributed by atoms with E-state index in [0.717, 1.165) is 36.8 Å². The molecule has 2 aromatic carbocycles. The van der Waals surface area contributed by atoms with Gasteiger partial charge in [0.2, 0.25) is 0 Å². The summed E-state index contributed by atoms with van der Waals surface area (Å²) in [5, 5.41) is 3.41. The van der Waals surface area contributed by atoms with Crippen molar-refractivity contribution in [3.05, 3.63) is 70.7 Å². The largest absolute Gasteiger partial charge is 0.455 e. The summed E-state index contributed by atoms with van der Waals surface area (Å²) in [6, 6.07) is 17.0. The summed E-state index contributed by atoms with van der Waals surface area (Å²) in [5.74, 6) is -0.614. The van der Waals surface area contributed by atoms with Crippen LogP contribution >= 0.6 is 11.6 Å². The van der Waals surface area contributed by atoms with Gasteiger partial charge in [0.25, 0.3) is 5.91 Å². The number of amides is 1. The molecule has 0 saturated heterocycles. The lowest BCUT2D eigenvalue weighted by Crippen LogP contribution is -2.37. The Bertz CT molecular complexity index is 753. The molecule has 1 aliphatic carbocycles. The zero-order valence-electron chi connectivity index (χ0n) is 14.5. The molecule has 0 aromatic heterocycles. The van der Waals surface area contributed by atoms with Gasteiger partial charge in [0.15, 0.2) is 6.61 Å². The third-order valence-corrected chi connectivity index (χ3v) is 5.16. The third kappa shape index (κ3) is 4.25. The Labute approximate surface area is 158 Å². The van der Waals surface area contributed by atoms with Crippen molar-refractivity contribution in [2.75, 3.05) is 6.61 Å². The van der Waals surface area contributed by atoms with Crippen molar-refractivity contribution in [1.82, 2.24) is 5.32 Å². The lowest BCUT2D eigenvalue weighted by molar-refractivity contribution is -0.154. The predicted octanol–water partition coefficient (Wildman–Crippen LogP) is 4.01. The summed E-state index contributed by atoms with van der Waals surface area (Å²) in [6.45, 7) is 0.110. The minimum Gasteiger partial charge on any atom is -0.455 e. The highest BCUT2D eigenvalue weighted by atomic mass is 35.5. The van der Waals surface area contributed by atoms with Crippen LogP contribution in [0.1, 0.15) is 36.8 Å². The van der Waals surface area contributed by atoms with Gasteiger partial charge >= 0.3 is 5.97 Å². The first kappa shape index (κ1) is 18.5. The first-order chi connectivity index (χ1) is 12.6. The van der Waals surface area contributed by atoms with Crippen molar-refractivity contribution in [2.45, 2.75) is 37.6 Å². The van der Waals surface area contributed by atoms with Gasteiger partial charge in [-0.1, -0.05) is 66.9 Å². The third-order valence-electron chi connectivity index (χ3n) is 4.91. The normalized spacial score (nSPS) is 15.4. The number of halogens is 1. The molecule has 0 heterocycles. The molecule has 0 atom stereocenters. The number of carbonyl (C=O) groups excluding carboxylic acids is 2. The summed E-state index contributed by atoms with van der Waals surface area (Å²) < 4.78 is 5.38. The number of esters is 1. The lowest BCUT2D eigenvalue weighted by Gasteiger charge is -2.27. The van der Waals surface area contributed by atoms with E-state index in [9.17, 15) is 9.59 Å². The van der Waals surface area contributed by atoms with Gasteiger partial charge in [0.05, 0.1) is 5.41 Å². The van der Waals surface area contributed by atoms with Crippen molar-refractivity contribution >= 4 is 23.5 Å². The zero-order valence-corrected chi connectivity index (χ0v) is 15.3. The van der Waals surface area contributed by atoms with Crippen LogP contribution in [0, 0.1) is 0 Å². The molecule has 0 spiro atoms. The molecular weight excluding hydrogens is 350 g/mol. The predicted molar refractivity (Wildman–Crippen MR) is 101 cm³/mol. The van der Waals surface area contributed by atoms with Crippen LogP contribution in [0.3, 0.4) is 0 Å². The van der Waals surface area contributed by atoms with Crippen LogP contribution in [0.4, 0.5) is 0 Å². The minimum atomic E-state index is -0.613. The average molecular weight is 372 g/mol. The van der Waals surface area contributed by atoms with Crippen LogP contribution in [-0.4, -0.2) is 18.5 Å². The average Bonchev–Trinajstić information content (AvgIpc) is 3.17. The Kier molecular flexibility index (Phi) is 5.94. The lowest BCUT2D eigenvalue weighted by atomic mass is 9.79. The molecule has 1 amide bonds. The van der Waals surface area contributed by atoms with Crippen LogP contribution in [0.5, 0.6) is 0 Å². The number of nitrogens with one attached hydrogen (secondary N) is 1. The molecule has 0 radical (unpaired) electrons. The number of hydrogen-bond acceptors (Lipinski definition) is 3. The van der Waals surface area contributed by atoms with Crippen molar-refractivity contribution in [1.29, 1.82) is 0 Å². The van der Waals surface area contributed by atoms with E-state index in [1.807, 2.05) is 42.5 Å². The van der Waals surface area contributed by atoms with E-state index in [2.05, 4.69) is 5.32 Å². The molecule has 1 aliphatic rings. The Morgan fingerprint density at radius 1 is 1.00 bits per heavy atom. The highest BCUT2D eigenvalue weighted by molar-refractivity contribution is 6.30. The molecule has 0 bridgehead atoms. The van der Waals surface area contributed by atoms with Crippen molar-refractivity contribution in [3.8, 4) is 0 Å². The number of ether oxygens (including phenoxy) is 1. The molecule has 3 rings (SSSR count). The maximum atomic E-state index is 12.8. The van der Waals surface area contributed by atoms with Gasteiger partial charge in [-0.2, -0.15) is 0 Å². The SMILES string of the molecule is O=C(COC(=O)C1(c2ccccc2)CCCC1)NCc1ccc(Cl)cc1. The van der Waals surface area contributed by atoms with Crippen LogP contribution in [0.2, 0.25) is 5.02 Å². The van der Waals surface area contributed by atoms with Gasteiger partial charge in [0, 0.05) is 11.6 Å². The molecule has 5 heteroatoms. The molecule has 26 heavy (non-hydrogen) atoms. The maximum absolute atomic E-state index is 12.8. The molecule has 2 aromatic rings. The summed E-state index contributed by atoms with van der Waals surface area (Å²) in [7, 11) is 0. The highest BCUT2D eigenvalue weighted by Gasteiger charge is 2.44. The highest BCUT2D eigenvalue weighted by Crippen LogP contribution is 2.42. The molecular formula is C21H22ClNO3. The van der Waals surface area contributed by atoms with Crippen LogP contribution in [0.15, 0.2) is 54.6 Å². The molecule has 0 unspecified atom stereocenters. The number of rotatable bonds is 6. The topological polar surface area (TPSA) is 55.4 Å². The summed E-state index contributed by atoms with van der Waals surface area (Å²) in [6.07, 6.45) is 3.52. The minimum absolute atomic E-state index is 0.263. The van der Waals surface area contributed by atoms with E-state index < -0.39 is 5.41 Å². The number of benzene rings is 2. The van der Waals surface area contributed by atoms with E-state index in [1.54, 1.807) is 12.1 Å². The van der Waals surface area contributed by atoms with E-state index in [-0.39, 0.29) is 18.5 Å². The van der Waals surface area contributed by atoms with Gasteiger partial charge in [-0.05, 0) is 36.1 Å². The molecule has 136 valence electrons. The first-order valence-corrected chi connectivity index (χ1v) is 9.22. The van der Waals surface area contributed by atoms with Crippen molar-refractivity contribution in [3.63, 3.8) is 0 Å². The van der Waals surface area contributed by atoms with Gasteiger partial charge < -0.3 is 10.1 Å².